The number of amides is 6. The smallest absolute Gasteiger partial charge is 0.243 e. The molecule has 17 heteroatoms. The summed E-state index contributed by atoms with van der Waals surface area (Å²) in [5.41, 5.74) is 14.2. The van der Waals surface area contributed by atoms with E-state index >= 15 is 0 Å². The molecule has 0 radical (unpaired) electrons. The van der Waals surface area contributed by atoms with Crippen LogP contribution in [0.1, 0.15) is 83.9 Å². The fraction of sp³-hybridized carbons (Fsp3) is 0.634. The van der Waals surface area contributed by atoms with E-state index in [9.17, 15) is 33.9 Å². The van der Waals surface area contributed by atoms with Crippen molar-refractivity contribution in [3.8, 4) is 0 Å². The van der Waals surface area contributed by atoms with Gasteiger partial charge < -0.3 is 47.5 Å². The van der Waals surface area contributed by atoms with Crippen molar-refractivity contribution in [1.82, 2.24) is 31.2 Å². The lowest BCUT2D eigenvalue weighted by Crippen LogP contribution is -2.56. The lowest BCUT2D eigenvalue weighted by atomic mass is 9.93. The summed E-state index contributed by atoms with van der Waals surface area (Å²) >= 11 is 1.34. The average Bonchev–Trinajstić information content (AvgIpc) is 3.70. The number of nitrogens with one attached hydrogen (secondary N) is 4. The molecule has 6 atom stereocenters. The van der Waals surface area contributed by atoms with E-state index in [1.807, 2.05) is 58.0 Å². The Bertz CT molecular complexity index is 1590. The number of carbonyl (C=O) groups excluding carboxylic acids is 6. The Balaban J connectivity index is 1.77. The molecule has 322 valence electrons. The Morgan fingerprint density at radius 3 is 2.09 bits per heavy atom. The van der Waals surface area contributed by atoms with E-state index in [4.69, 9.17) is 16.2 Å². The number of morpholine rings is 1. The lowest BCUT2D eigenvalue weighted by molar-refractivity contribution is -0.140. The van der Waals surface area contributed by atoms with Crippen molar-refractivity contribution in [1.29, 1.82) is 0 Å². The molecule has 9 N–H and O–H groups in total. The summed E-state index contributed by atoms with van der Waals surface area (Å²) in [4.78, 5) is 86.4. The number of hydrogen-bond acceptors (Lipinski definition) is 11. The Morgan fingerprint density at radius 1 is 0.828 bits per heavy atom. The number of carbonyl (C=O) groups is 6. The van der Waals surface area contributed by atoms with Crippen LogP contribution in [0, 0.1) is 17.8 Å². The Kier molecular flexibility index (Phi) is 20.8. The maximum atomic E-state index is 14.1. The first-order chi connectivity index (χ1) is 27.7. The molecule has 2 heterocycles. The van der Waals surface area contributed by atoms with Crippen molar-refractivity contribution in [3.05, 3.63) is 52.5 Å². The molecule has 1 aromatic carbocycles. The first-order valence-electron chi connectivity index (χ1n) is 20.3. The number of hydrogen-bond donors (Lipinski definition) is 7. The van der Waals surface area contributed by atoms with E-state index in [2.05, 4.69) is 26.3 Å². The van der Waals surface area contributed by atoms with Gasteiger partial charge >= 0.3 is 0 Å². The summed E-state index contributed by atoms with van der Waals surface area (Å²) in [7, 11) is 0. The molecular formula is C41H64N8O8S. The van der Waals surface area contributed by atoms with Gasteiger partial charge in [0.1, 0.15) is 18.1 Å². The summed E-state index contributed by atoms with van der Waals surface area (Å²) in [5, 5.41) is 24.4. The molecule has 0 bridgehead atoms. The third kappa shape index (κ3) is 17.2. The first kappa shape index (κ1) is 47.9. The SMILES string of the molecule is CC(C)C[C@H](NC(=O)C[C@H](O)[C@H](CC(C)C)NC(=O)C(Cc1cscn1)NC(=O)[C@@H](CC(=O)N1CCOCC1)Cc1ccccc1)C(=O)N[C@@H](CCCCN)C(N)=O. The van der Waals surface area contributed by atoms with Gasteiger partial charge in [-0.25, -0.2) is 4.98 Å². The van der Waals surface area contributed by atoms with E-state index in [0.717, 1.165) is 5.56 Å². The van der Waals surface area contributed by atoms with Crippen LogP contribution < -0.4 is 32.7 Å². The number of aromatic nitrogens is 1. The number of nitrogens with zero attached hydrogens (tertiary/aromatic N) is 2. The van der Waals surface area contributed by atoms with E-state index < -0.39 is 72.1 Å². The largest absolute Gasteiger partial charge is 0.390 e. The van der Waals surface area contributed by atoms with Crippen molar-refractivity contribution in [3.63, 3.8) is 0 Å². The van der Waals surface area contributed by atoms with Crippen LogP contribution in [0.5, 0.6) is 0 Å². The van der Waals surface area contributed by atoms with Gasteiger partial charge in [0.15, 0.2) is 0 Å². The molecule has 1 aromatic heterocycles. The highest BCUT2D eigenvalue weighted by molar-refractivity contribution is 7.07. The average molecular weight is 829 g/mol. The topological polar surface area (TPSA) is 248 Å². The number of unbranched alkanes of at least 4 members (excludes halogenated alkanes) is 1. The zero-order chi connectivity index (χ0) is 42.6. The number of nitrogens with two attached hydrogens (primary N) is 2. The Morgan fingerprint density at radius 2 is 1.48 bits per heavy atom. The zero-order valence-corrected chi connectivity index (χ0v) is 35.1. The monoisotopic (exact) mass is 828 g/mol. The number of benzene rings is 1. The highest BCUT2D eigenvalue weighted by atomic mass is 32.1. The number of ether oxygens (including phenoxy) is 1. The minimum Gasteiger partial charge on any atom is -0.390 e. The van der Waals surface area contributed by atoms with Crippen LogP contribution in [0.4, 0.5) is 0 Å². The summed E-state index contributed by atoms with van der Waals surface area (Å²) in [6.45, 7) is 9.72. The number of rotatable bonds is 25. The van der Waals surface area contributed by atoms with E-state index in [1.54, 1.807) is 15.8 Å². The minimum atomic E-state index is -1.36. The van der Waals surface area contributed by atoms with Crippen LogP contribution >= 0.6 is 11.3 Å². The second-order valence-electron chi connectivity index (χ2n) is 15.8. The predicted molar refractivity (Wildman–Crippen MR) is 221 cm³/mol. The van der Waals surface area contributed by atoms with Crippen molar-refractivity contribution in [2.75, 3.05) is 32.8 Å². The van der Waals surface area contributed by atoms with Crippen molar-refractivity contribution < 1.29 is 38.6 Å². The molecule has 1 fully saturated rings. The first-order valence-corrected chi connectivity index (χ1v) is 21.2. The summed E-state index contributed by atoms with van der Waals surface area (Å²) < 4.78 is 5.40. The number of primary amides is 1. The molecular weight excluding hydrogens is 765 g/mol. The van der Waals surface area contributed by atoms with Gasteiger partial charge in [-0.3, -0.25) is 28.8 Å². The highest BCUT2D eigenvalue weighted by Gasteiger charge is 2.34. The van der Waals surface area contributed by atoms with E-state index in [0.29, 0.717) is 64.2 Å². The summed E-state index contributed by atoms with van der Waals surface area (Å²) in [6.07, 6.45) is 0.535. The van der Waals surface area contributed by atoms with Gasteiger partial charge in [0.2, 0.25) is 35.4 Å². The van der Waals surface area contributed by atoms with Gasteiger partial charge in [0.05, 0.1) is 48.9 Å². The normalized spacial score (nSPS) is 16.1. The molecule has 0 spiro atoms. The number of thiazole rings is 1. The zero-order valence-electron chi connectivity index (χ0n) is 34.3. The minimum absolute atomic E-state index is 0.00661. The molecule has 2 aromatic rings. The van der Waals surface area contributed by atoms with Gasteiger partial charge in [-0.05, 0) is 62.5 Å². The quantitative estimate of drug-likeness (QED) is 0.0705. The maximum Gasteiger partial charge on any atom is 0.243 e. The van der Waals surface area contributed by atoms with Crippen LogP contribution in [0.3, 0.4) is 0 Å². The van der Waals surface area contributed by atoms with Crippen molar-refractivity contribution in [2.24, 2.45) is 29.2 Å². The second-order valence-corrected chi connectivity index (χ2v) is 16.6. The predicted octanol–water partition coefficient (Wildman–Crippen LogP) is 1.19. The van der Waals surface area contributed by atoms with Gasteiger partial charge in [-0.2, -0.15) is 0 Å². The lowest BCUT2D eigenvalue weighted by Gasteiger charge is -2.30. The van der Waals surface area contributed by atoms with Crippen LogP contribution in [0.15, 0.2) is 41.2 Å². The number of aliphatic hydroxyl groups is 1. The molecule has 1 aliphatic rings. The Labute approximate surface area is 346 Å². The van der Waals surface area contributed by atoms with Crippen LogP contribution in [0.25, 0.3) is 0 Å². The highest BCUT2D eigenvalue weighted by Crippen LogP contribution is 2.18. The fourth-order valence-corrected chi connectivity index (χ4v) is 7.37. The van der Waals surface area contributed by atoms with E-state index in [-0.39, 0.29) is 43.4 Å². The third-order valence-electron chi connectivity index (χ3n) is 9.89. The van der Waals surface area contributed by atoms with Crippen molar-refractivity contribution in [2.45, 2.75) is 116 Å². The standard InChI is InChI=1S/C41H64N8O8S/c1-26(2)18-32(35(50)23-36(51)45-33(19-27(3)4)40(55)46-31(38(43)53)12-8-9-13-42)47-41(56)34(22-30-24-58-25-44-30)48-39(54)29(20-28-10-6-5-7-11-28)21-37(52)49-14-16-57-17-15-49/h5-7,10-11,24-27,29,31-35,50H,8-9,12-23,42H2,1-4H3,(H2,43,53)(H,45,51)(H,46,55)(H,47,56)(H,48,54)/t29-,31+,32+,33+,34?,35+/m1/s1. The van der Waals surface area contributed by atoms with Gasteiger partial charge in [0.25, 0.3) is 0 Å². The fourth-order valence-electron chi connectivity index (χ4n) is 6.80. The van der Waals surface area contributed by atoms with Gasteiger partial charge in [0, 0.05) is 31.3 Å². The molecule has 6 amide bonds. The third-order valence-corrected chi connectivity index (χ3v) is 10.5. The molecule has 16 nitrogen and oxygen atoms in total. The van der Waals surface area contributed by atoms with Crippen LogP contribution in [-0.4, -0.2) is 114 Å². The second kappa shape index (κ2) is 25.1. The molecule has 1 aliphatic heterocycles. The summed E-state index contributed by atoms with van der Waals surface area (Å²) in [5.74, 6) is -3.95. The molecule has 3 rings (SSSR count). The van der Waals surface area contributed by atoms with Crippen molar-refractivity contribution >= 4 is 46.8 Å². The van der Waals surface area contributed by atoms with E-state index in [1.165, 1.54) is 11.3 Å². The Hall–Kier alpha value is -4.45. The summed E-state index contributed by atoms with van der Waals surface area (Å²) in [6, 6.07) is 5.38. The number of aliphatic hydroxyl groups excluding tert-OH is 1. The van der Waals surface area contributed by atoms with Gasteiger partial charge in [-0.15, -0.1) is 11.3 Å². The molecule has 1 saturated heterocycles. The van der Waals surface area contributed by atoms with Gasteiger partial charge in [-0.1, -0.05) is 58.0 Å². The van der Waals surface area contributed by atoms with Crippen LogP contribution in [-0.2, 0) is 46.3 Å². The van der Waals surface area contributed by atoms with Crippen LogP contribution in [0.2, 0.25) is 0 Å². The molecule has 58 heavy (non-hydrogen) atoms. The maximum absolute atomic E-state index is 14.1. The molecule has 0 saturated carbocycles. The molecule has 1 unspecified atom stereocenters. The molecule has 0 aliphatic carbocycles.